The van der Waals surface area contributed by atoms with Crippen LogP contribution in [0.5, 0.6) is 0 Å². The van der Waals surface area contributed by atoms with Crippen LogP contribution in [0.2, 0.25) is 0 Å². The Bertz CT molecular complexity index is 486. The second kappa shape index (κ2) is 5.72. The molecule has 1 unspecified atom stereocenters. The van der Waals surface area contributed by atoms with Crippen LogP contribution in [0.15, 0.2) is 42.5 Å². The largest absolute Gasteiger partial charge is 0.395 e. The molecule has 0 spiro atoms. The van der Waals surface area contributed by atoms with Crippen LogP contribution in [0, 0.1) is 6.92 Å². The molecule has 0 amide bonds. The maximum absolute atomic E-state index is 9.06. The lowest BCUT2D eigenvalue weighted by atomic mass is 9.87. The Morgan fingerprint density at radius 1 is 1.26 bits per heavy atom. The third kappa shape index (κ3) is 3.14. The molecule has 2 rings (SSSR count). The van der Waals surface area contributed by atoms with Crippen LogP contribution in [0.1, 0.15) is 24.5 Å². The van der Waals surface area contributed by atoms with Gasteiger partial charge in [-0.1, -0.05) is 48.1 Å². The standard InChI is InChI=1S/C17H23NO/c1-14-4-6-15(7-5-14)16-8-10-17(2,11-9-16)18(3)12-13-19/h4-10,19H,11-13H2,1-3H3. The molecule has 102 valence electrons. The first kappa shape index (κ1) is 14.0. The van der Waals surface area contributed by atoms with Gasteiger partial charge in [0.15, 0.2) is 0 Å². The van der Waals surface area contributed by atoms with Crippen molar-refractivity contribution >= 4 is 5.57 Å². The summed E-state index contributed by atoms with van der Waals surface area (Å²) in [7, 11) is 2.06. The zero-order chi connectivity index (χ0) is 13.9. The lowest BCUT2D eigenvalue weighted by molar-refractivity contribution is 0.144. The Labute approximate surface area is 116 Å². The highest BCUT2D eigenvalue weighted by Gasteiger charge is 2.27. The molecule has 0 aromatic heterocycles. The summed E-state index contributed by atoms with van der Waals surface area (Å²) in [5.74, 6) is 0. The fourth-order valence-corrected chi connectivity index (χ4v) is 2.37. The summed E-state index contributed by atoms with van der Waals surface area (Å²) < 4.78 is 0. The van der Waals surface area contributed by atoms with E-state index >= 15 is 0 Å². The van der Waals surface area contributed by atoms with E-state index in [1.807, 2.05) is 0 Å². The maximum atomic E-state index is 9.06. The molecule has 0 bridgehead atoms. The van der Waals surface area contributed by atoms with Gasteiger partial charge >= 0.3 is 0 Å². The lowest BCUT2D eigenvalue weighted by Gasteiger charge is -2.37. The predicted molar refractivity (Wildman–Crippen MR) is 81.0 cm³/mol. The molecule has 0 heterocycles. The topological polar surface area (TPSA) is 23.5 Å². The fourth-order valence-electron chi connectivity index (χ4n) is 2.37. The molecule has 0 saturated carbocycles. The van der Waals surface area contributed by atoms with E-state index in [9.17, 15) is 0 Å². The number of rotatable bonds is 4. The van der Waals surface area contributed by atoms with Gasteiger partial charge in [-0.25, -0.2) is 0 Å². The van der Waals surface area contributed by atoms with Crippen molar-refractivity contribution in [2.24, 2.45) is 0 Å². The summed E-state index contributed by atoms with van der Waals surface area (Å²) in [5, 5.41) is 9.06. The van der Waals surface area contributed by atoms with E-state index in [1.54, 1.807) is 0 Å². The first-order chi connectivity index (χ1) is 9.05. The zero-order valence-electron chi connectivity index (χ0n) is 12.1. The summed E-state index contributed by atoms with van der Waals surface area (Å²) in [6.07, 6.45) is 7.71. The van der Waals surface area contributed by atoms with Gasteiger partial charge in [0.2, 0.25) is 0 Å². The molecule has 0 aliphatic heterocycles. The summed E-state index contributed by atoms with van der Waals surface area (Å²) in [6.45, 7) is 5.22. The molecule has 0 fully saturated rings. The van der Waals surface area contributed by atoms with E-state index in [-0.39, 0.29) is 12.1 Å². The van der Waals surface area contributed by atoms with Gasteiger partial charge < -0.3 is 5.11 Å². The van der Waals surface area contributed by atoms with Crippen LogP contribution in [-0.4, -0.2) is 35.7 Å². The van der Waals surface area contributed by atoms with Gasteiger partial charge in [0.1, 0.15) is 0 Å². The number of allylic oxidation sites excluding steroid dienone is 2. The number of benzene rings is 1. The molecule has 2 nitrogen and oxygen atoms in total. The van der Waals surface area contributed by atoms with Crippen LogP contribution in [0.3, 0.4) is 0 Å². The fraction of sp³-hybridized carbons (Fsp3) is 0.412. The van der Waals surface area contributed by atoms with Crippen molar-refractivity contribution in [3.63, 3.8) is 0 Å². The highest BCUT2D eigenvalue weighted by atomic mass is 16.3. The van der Waals surface area contributed by atoms with E-state index in [4.69, 9.17) is 5.11 Å². The maximum Gasteiger partial charge on any atom is 0.0558 e. The number of hydrogen-bond acceptors (Lipinski definition) is 2. The second-order valence-corrected chi connectivity index (χ2v) is 5.57. The van der Waals surface area contributed by atoms with Crippen molar-refractivity contribution in [2.75, 3.05) is 20.2 Å². The Kier molecular flexibility index (Phi) is 4.23. The Morgan fingerprint density at radius 2 is 1.95 bits per heavy atom. The molecular formula is C17H23NO. The van der Waals surface area contributed by atoms with Crippen LogP contribution in [0.25, 0.3) is 5.57 Å². The number of aryl methyl sites for hydroxylation is 1. The number of hydrogen-bond donors (Lipinski definition) is 1. The summed E-state index contributed by atoms with van der Waals surface area (Å²) in [6, 6.07) is 8.64. The average Bonchev–Trinajstić information content (AvgIpc) is 2.41. The van der Waals surface area contributed by atoms with Gasteiger partial charge in [-0.05, 0) is 38.5 Å². The van der Waals surface area contributed by atoms with Crippen molar-refractivity contribution in [2.45, 2.75) is 25.8 Å². The van der Waals surface area contributed by atoms with Gasteiger partial charge in [0, 0.05) is 12.1 Å². The molecule has 1 atom stereocenters. The minimum atomic E-state index is 0.0108. The Balaban J connectivity index is 2.12. The smallest absolute Gasteiger partial charge is 0.0558 e. The number of nitrogens with zero attached hydrogens (tertiary/aromatic N) is 1. The van der Waals surface area contributed by atoms with Crippen LogP contribution in [0.4, 0.5) is 0 Å². The third-order valence-corrected chi connectivity index (χ3v) is 4.05. The van der Waals surface area contributed by atoms with Crippen molar-refractivity contribution < 1.29 is 5.11 Å². The number of aliphatic hydroxyl groups excluding tert-OH is 1. The SMILES string of the molecule is Cc1ccc(C2=CCC(C)(N(C)CCO)C=C2)cc1. The number of β-amino-alcohol motifs (C(OH)–C–C–N with tert-alkyl or cyclic N) is 1. The molecule has 1 aromatic rings. The van der Waals surface area contributed by atoms with Crippen molar-refractivity contribution in [3.05, 3.63) is 53.6 Å². The van der Waals surface area contributed by atoms with E-state index in [2.05, 4.69) is 68.3 Å². The molecule has 1 aliphatic carbocycles. The van der Waals surface area contributed by atoms with Crippen molar-refractivity contribution in [1.29, 1.82) is 0 Å². The summed E-state index contributed by atoms with van der Waals surface area (Å²) >= 11 is 0. The van der Waals surface area contributed by atoms with Gasteiger partial charge in [-0.15, -0.1) is 0 Å². The van der Waals surface area contributed by atoms with Crippen LogP contribution in [-0.2, 0) is 0 Å². The molecular weight excluding hydrogens is 234 g/mol. The molecule has 0 radical (unpaired) electrons. The molecule has 1 aromatic carbocycles. The molecule has 1 N–H and O–H groups in total. The highest BCUT2D eigenvalue weighted by molar-refractivity contribution is 5.75. The van der Waals surface area contributed by atoms with E-state index in [0.29, 0.717) is 6.54 Å². The lowest BCUT2D eigenvalue weighted by Crippen LogP contribution is -2.44. The molecule has 0 saturated heterocycles. The third-order valence-electron chi connectivity index (χ3n) is 4.05. The van der Waals surface area contributed by atoms with Crippen molar-refractivity contribution in [3.8, 4) is 0 Å². The minimum absolute atomic E-state index is 0.0108. The average molecular weight is 257 g/mol. The van der Waals surface area contributed by atoms with E-state index in [0.717, 1.165) is 6.42 Å². The Morgan fingerprint density at radius 3 is 2.47 bits per heavy atom. The first-order valence-corrected chi connectivity index (χ1v) is 6.84. The van der Waals surface area contributed by atoms with Gasteiger partial charge in [-0.3, -0.25) is 4.90 Å². The van der Waals surface area contributed by atoms with E-state index < -0.39 is 0 Å². The first-order valence-electron chi connectivity index (χ1n) is 6.84. The van der Waals surface area contributed by atoms with Crippen LogP contribution < -0.4 is 0 Å². The molecule has 19 heavy (non-hydrogen) atoms. The predicted octanol–water partition coefficient (Wildman–Crippen LogP) is 3.02. The van der Waals surface area contributed by atoms with Gasteiger partial charge in [0.05, 0.1) is 6.61 Å². The summed E-state index contributed by atoms with van der Waals surface area (Å²) in [5.41, 5.74) is 3.86. The normalized spacial score (nSPS) is 22.7. The van der Waals surface area contributed by atoms with Gasteiger partial charge in [-0.2, -0.15) is 0 Å². The quantitative estimate of drug-likeness (QED) is 0.896. The van der Waals surface area contributed by atoms with E-state index in [1.165, 1.54) is 16.7 Å². The highest BCUT2D eigenvalue weighted by Crippen LogP contribution is 2.30. The molecule has 2 heteroatoms. The van der Waals surface area contributed by atoms with Gasteiger partial charge in [0.25, 0.3) is 0 Å². The zero-order valence-corrected chi connectivity index (χ0v) is 12.1. The summed E-state index contributed by atoms with van der Waals surface area (Å²) in [4.78, 5) is 2.20. The Hall–Kier alpha value is -1.38. The number of likely N-dealkylation sites (N-methyl/N-ethyl adjacent to an activating group) is 1. The van der Waals surface area contributed by atoms with Crippen molar-refractivity contribution in [1.82, 2.24) is 4.90 Å². The second-order valence-electron chi connectivity index (χ2n) is 5.57. The van der Waals surface area contributed by atoms with Crippen LogP contribution >= 0.6 is 0 Å². The monoisotopic (exact) mass is 257 g/mol. The number of aliphatic hydroxyl groups is 1. The molecule has 1 aliphatic rings. The minimum Gasteiger partial charge on any atom is -0.395 e.